The van der Waals surface area contributed by atoms with Crippen molar-refractivity contribution in [2.24, 2.45) is 11.8 Å². The van der Waals surface area contributed by atoms with Crippen LogP contribution in [0.15, 0.2) is 85.5 Å². The first-order valence-corrected chi connectivity index (χ1v) is 21.5. The SMILES string of the molecule is Cl.Oc1ccc(OCCC2CCN(c3cncc(OC[C@@H]4CCCN4)c3)CC2)cc1.Oc1ccc(OCCC2CCN(c3cncc(OC[C@@H]4CCCN4)c3)CC2)cc1. The van der Waals surface area contributed by atoms with E-state index in [2.05, 4.69) is 42.5 Å². The Morgan fingerprint density at radius 2 is 0.932 bits per heavy atom. The Kier molecular flexibility index (Phi) is 17.3. The number of hydrogen-bond donors (Lipinski definition) is 4. The second kappa shape index (κ2) is 23.2. The fourth-order valence-electron chi connectivity index (χ4n) is 8.24. The molecule has 0 saturated carbocycles. The first-order chi connectivity index (χ1) is 28.5. The third-order valence-corrected chi connectivity index (χ3v) is 11.8. The van der Waals surface area contributed by atoms with Crippen molar-refractivity contribution in [3.63, 3.8) is 0 Å². The lowest BCUT2D eigenvalue weighted by molar-refractivity contribution is 0.258. The van der Waals surface area contributed by atoms with Gasteiger partial charge in [-0.1, -0.05) is 0 Å². The van der Waals surface area contributed by atoms with Gasteiger partial charge in [-0.25, -0.2) is 0 Å². The number of benzene rings is 2. The topological polar surface area (TPSA) is 134 Å². The van der Waals surface area contributed by atoms with Crippen molar-refractivity contribution >= 4 is 23.8 Å². The molecule has 0 radical (unpaired) electrons. The Hall–Kier alpha value is -4.65. The molecule has 4 saturated heterocycles. The smallest absolute Gasteiger partial charge is 0.139 e. The van der Waals surface area contributed by atoms with Gasteiger partial charge >= 0.3 is 0 Å². The Morgan fingerprint density at radius 1 is 0.525 bits per heavy atom. The number of rotatable bonds is 16. The summed E-state index contributed by atoms with van der Waals surface area (Å²) in [6.07, 6.45) is 19.1. The van der Waals surface area contributed by atoms with Gasteiger partial charge < -0.3 is 49.6 Å². The molecule has 59 heavy (non-hydrogen) atoms. The monoisotopic (exact) mass is 830 g/mol. The van der Waals surface area contributed by atoms with E-state index in [9.17, 15) is 10.2 Å². The Morgan fingerprint density at radius 3 is 1.31 bits per heavy atom. The Balaban J connectivity index is 0.000000195. The van der Waals surface area contributed by atoms with Crippen molar-refractivity contribution in [3.8, 4) is 34.5 Å². The first kappa shape index (κ1) is 43.9. The summed E-state index contributed by atoms with van der Waals surface area (Å²) >= 11 is 0. The van der Waals surface area contributed by atoms with Crippen LogP contribution in [0.5, 0.6) is 34.5 Å². The van der Waals surface area contributed by atoms with Gasteiger partial charge in [0.25, 0.3) is 0 Å². The average Bonchev–Trinajstić information content (AvgIpc) is 4.00. The van der Waals surface area contributed by atoms with Gasteiger partial charge in [0.15, 0.2) is 0 Å². The lowest BCUT2D eigenvalue weighted by atomic mass is 9.94. The largest absolute Gasteiger partial charge is 0.508 e. The van der Waals surface area contributed by atoms with Crippen molar-refractivity contribution in [2.75, 3.05) is 75.5 Å². The van der Waals surface area contributed by atoms with Crippen molar-refractivity contribution in [1.29, 1.82) is 0 Å². The first-order valence-electron chi connectivity index (χ1n) is 21.5. The van der Waals surface area contributed by atoms with Crippen LogP contribution in [0.4, 0.5) is 11.4 Å². The van der Waals surface area contributed by atoms with E-state index in [4.69, 9.17) is 18.9 Å². The number of piperidine rings is 2. The number of aromatic hydroxyl groups is 2. The minimum atomic E-state index is 0. The Bertz CT molecular complexity index is 1650. The van der Waals surface area contributed by atoms with E-state index >= 15 is 0 Å². The Labute approximate surface area is 356 Å². The van der Waals surface area contributed by atoms with E-state index in [1.807, 2.05) is 49.1 Å². The molecule has 2 aromatic carbocycles. The van der Waals surface area contributed by atoms with Crippen LogP contribution in [0.3, 0.4) is 0 Å². The predicted octanol–water partition coefficient (Wildman–Crippen LogP) is 7.63. The van der Waals surface area contributed by atoms with E-state index in [0.717, 1.165) is 125 Å². The van der Waals surface area contributed by atoms with Crippen LogP contribution in [0.25, 0.3) is 0 Å². The standard InChI is InChI=1S/2C23H31N3O3.ClH/c2*27-21-3-5-22(6-4-21)28-13-9-18-7-11-26(12-8-18)20-14-23(16-24-15-20)29-17-19-2-1-10-25-19;/h2*3-6,14-16,18-19,25,27H,1-2,7-13,17H2;1H/t2*19-;/m00./s1. The molecule has 4 aliphatic rings. The van der Waals surface area contributed by atoms with Crippen molar-refractivity contribution in [2.45, 2.75) is 76.3 Å². The molecule has 4 fully saturated rings. The van der Waals surface area contributed by atoms with Crippen LogP contribution >= 0.6 is 12.4 Å². The number of aromatic nitrogens is 2. The molecule has 2 aromatic heterocycles. The van der Waals surface area contributed by atoms with Gasteiger partial charge in [0.1, 0.15) is 47.7 Å². The highest BCUT2D eigenvalue weighted by Gasteiger charge is 2.22. The zero-order valence-electron chi connectivity index (χ0n) is 34.3. The summed E-state index contributed by atoms with van der Waals surface area (Å²) in [6.45, 7) is 9.23. The summed E-state index contributed by atoms with van der Waals surface area (Å²) in [5, 5.41) is 25.6. The summed E-state index contributed by atoms with van der Waals surface area (Å²) in [6, 6.07) is 19.0. The predicted molar refractivity (Wildman–Crippen MR) is 235 cm³/mol. The van der Waals surface area contributed by atoms with Gasteiger partial charge in [-0.3, -0.25) is 9.97 Å². The maximum Gasteiger partial charge on any atom is 0.139 e. The molecule has 2 atom stereocenters. The van der Waals surface area contributed by atoms with Crippen LogP contribution < -0.4 is 39.4 Å². The van der Waals surface area contributed by atoms with Crippen LogP contribution in [-0.4, -0.2) is 98.0 Å². The highest BCUT2D eigenvalue weighted by atomic mass is 35.5. The molecule has 0 aliphatic carbocycles. The lowest BCUT2D eigenvalue weighted by Crippen LogP contribution is -2.34. The molecule has 4 aliphatic heterocycles. The average molecular weight is 831 g/mol. The van der Waals surface area contributed by atoms with Crippen LogP contribution in [-0.2, 0) is 0 Å². The number of anilines is 2. The third-order valence-electron chi connectivity index (χ3n) is 11.8. The minimum Gasteiger partial charge on any atom is -0.508 e. The zero-order valence-corrected chi connectivity index (χ0v) is 35.1. The highest BCUT2D eigenvalue weighted by Crippen LogP contribution is 2.29. The molecule has 4 N–H and O–H groups in total. The van der Waals surface area contributed by atoms with Crippen molar-refractivity contribution < 1.29 is 29.2 Å². The highest BCUT2D eigenvalue weighted by molar-refractivity contribution is 5.85. The molecule has 13 heteroatoms. The molecule has 6 heterocycles. The molecule has 0 unspecified atom stereocenters. The molecule has 0 bridgehead atoms. The summed E-state index contributed by atoms with van der Waals surface area (Å²) in [7, 11) is 0. The fourth-order valence-corrected chi connectivity index (χ4v) is 8.24. The maximum absolute atomic E-state index is 9.33. The third kappa shape index (κ3) is 14.3. The summed E-state index contributed by atoms with van der Waals surface area (Å²) in [5.41, 5.74) is 2.31. The number of pyridine rings is 2. The number of nitrogens with one attached hydrogen (secondary N) is 2. The van der Waals surface area contributed by atoms with Crippen LogP contribution in [0, 0.1) is 11.8 Å². The van der Waals surface area contributed by atoms with Gasteiger partial charge in [0, 0.05) is 50.4 Å². The van der Waals surface area contributed by atoms with Gasteiger partial charge in [0.05, 0.1) is 49.4 Å². The summed E-state index contributed by atoms with van der Waals surface area (Å²) < 4.78 is 23.5. The van der Waals surface area contributed by atoms with E-state index in [0.29, 0.717) is 37.1 Å². The number of hydrogen-bond acceptors (Lipinski definition) is 12. The van der Waals surface area contributed by atoms with E-state index in [1.165, 1.54) is 25.7 Å². The lowest BCUT2D eigenvalue weighted by Gasteiger charge is -2.33. The van der Waals surface area contributed by atoms with Gasteiger partial charge in [-0.15, -0.1) is 12.4 Å². The van der Waals surface area contributed by atoms with Gasteiger partial charge in [-0.05, 0) is 138 Å². The van der Waals surface area contributed by atoms with E-state index in [1.54, 1.807) is 24.3 Å². The molecular formula is C46H63ClN6O6. The van der Waals surface area contributed by atoms with Crippen molar-refractivity contribution in [1.82, 2.24) is 20.6 Å². The van der Waals surface area contributed by atoms with Gasteiger partial charge in [-0.2, -0.15) is 0 Å². The number of halogens is 1. The summed E-state index contributed by atoms with van der Waals surface area (Å²) in [5.74, 6) is 5.26. The maximum atomic E-state index is 9.33. The van der Waals surface area contributed by atoms with Crippen LogP contribution in [0.2, 0.25) is 0 Å². The quantitative estimate of drug-likeness (QED) is 0.0885. The number of phenols is 2. The zero-order chi connectivity index (χ0) is 39.8. The normalized spacial score (nSPS) is 19.7. The van der Waals surface area contributed by atoms with E-state index in [-0.39, 0.29) is 23.9 Å². The minimum absolute atomic E-state index is 0. The fraction of sp³-hybridized carbons (Fsp3) is 0.522. The summed E-state index contributed by atoms with van der Waals surface area (Å²) in [4.78, 5) is 13.6. The van der Waals surface area contributed by atoms with E-state index < -0.39 is 0 Å². The second-order valence-corrected chi connectivity index (χ2v) is 16.1. The number of phenolic OH excluding ortho intramolecular Hbond substituents is 2. The molecule has 8 rings (SSSR count). The molecular weight excluding hydrogens is 768 g/mol. The second-order valence-electron chi connectivity index (χ2n) is 16.1. The molecule has 4 aromatic rings. The van der Waals surface area contributed by atoms with Crippen molar-refractivity contribution in [3.05, 3.63) is 85.5 Å². The molecule has 0 spiro atoms. The van der Waals surface area contributed by atoms with Gasteiger partial charge in [0.2, 0.25) is 0 Å². The van der Waals surface area contributed by atoms with Crippen LogP contribution in [0.1, 0.15) is 64.2 Å². The number of ether oxygens (including phenoxy) is 4. The molecule has 320 valence electrons. The number of nitrogens with zero attached hydrogens (tertiary/aromatic N) is 4. The molecule has 0 amide bonds. The molecule has 12 nitrogen and oxygen atoms in total.